The van der Waals surface area contributed by atoms with Gasteiger partial charge in [0.05, 0.1) is 12.1 Å². The maximum absolute atomic E-state index is 2.92. The third kappa shape index (κ3) is 12.7. The second-order valence-electron chi connectivity index (χ2n) is 27.7. The molecule has 0 atom stereocenters. The maximum atomic E-state index is 2.92. The normalized spacial score (nSPS) is 12.7. The highest BCUT2D eigenvalue weighted by Crippen LogP contribution is 2.34. The number of imidazole rings is 1. The molecule has 0 saturated carbocycles. The second-order valence-corrected chi connectivity index (χ2v) is 39.9. The molecule has 0 aliphatic heterocycles. The largest absolute Gasteiger partial charge is 0.246 e. The van der Waals surface area contributed by atoms with Crippen molar-refractivity contribution in [3.8, 4) is 0 Å². The molecule has 0 radical (unpaired) electrons. The Balaban J connectivity index is 2.63. The van der Waals surface area contributed by atoms with E-state index in [0.29, 0.717) is 71.0 Å². The Labute approximate surface area is 473 Å². The summed E-state index contributed by atoms with van der Waals surface area (Å²) in [6, 6.07) is 22.5. The fourth-order valence-electron chi connectivity index (χ4n) is 12.4. The molecular weight excluding hydrogens is 965 g/mol. The van der Waals surface area contributed by atoms with Gasteiger partial charge >= 0.3 is 0 Å². The molecule has 0 amide bonds. The van der Waals surface area contributed by atoms with E-state index in [-0.39, 0.29) is 12.1 Å². The Bertz CT molecular complexity index is 2640. The molecule has 2 nitrogen and oxygen atoms in total. The molecule has 1 aromatic heterocycles. The average molecular weight is 1080 g/mol. The summed E-state index contributed by atoms with van der Waals surface area (Å²) in [6.45, 7) is 75.0. The van der Waals surface area contributed by atoms with Crippen LogP contribution in [0.4, 0.5) is 0 Å². The summed E-state index contributed by atoms with van der Waals surface area (Å²) in [4.78, 5) is 0. The highest BCUT2D eigenvalue weighted by Gasteiger charge is 2.39. The van der Waals surface area contributed by atoms with Crippen LogP contribution in [0.3, 0.4) is 0 Å². The van der Waals surface area contributed by atoms with E-state index in [1.54, 1.807) is 70.7 Å². The van der Waals surface area contributed by atoms with Gasteiger partial charge in [0.25, 0.3) is 0 Å². The van der Waals surface area contributed by atoms with E-state index < -0.39 is 23.6 Å². The number of hydrogen-bond acceptors (Lipinski definition) is 0. The number of benzene rings is 4. The van der Waals surface area contributed by atoms with Gasteiger partial charge in [-0.1, -0.05) is 261 Å². The Hall–Kier alpha value is -3.26. The molecular formula is C71H112N2Si3. The number of hydrogen-bond donors (Lipinski definition) is 0. The van der Waals surface area contributed by atoms with Gasteiger partial charge in [0, 0.05) is 22.2 Å². The van der Waals surface area contributed by atoms with Gasteiger partial charge < -0.3 is 0 Å². The van der Waals surface area contributed by atoms with Crippen molar-refractivity contribution < 1.29 is 4.57 Å². The Kier molecular flexibility index (Phi) is 21.3. The lowest BCUT2D eigenvalue weighted by molar-refractivity contribution is -0.704. The standard InChI is InChI=1S/C71H112N2Si3/c1-39(2)55-31-59(43(9)10)67(60(32-55)44(11)12)74(68-61(45(13)14)33-56(40(3)4)34-62(68)46(15)16)76(70-65(49(21)22)37-58(42(7)8)38-66(70)50(23)24)75(71-72(51(25)26)53(29)54(30)73(71)52(27)28)69-63(47(17)18)35-57(41(5)6)36-64(69)48(19)20/h31-52H,1-30H3. The SMILES string of the molecule is Cc1c(C)[n+](C(C)C)c([Si-](c2c(C(C)C)cc(C(C)C)cc2C(C)C)[Si](c2c(C(C)C)cc(C(C)C)cc2C(C)C)=[Si](c2c(C(C)C)cc(C(C)C)cc2C(C)C)c2c(C(C)C)cc(C(C)C)cc2C(C)C)n1C(C)C. The van der Waals surface area contributed by atoms with E-state index >= 15 is 0 Å². The minimum Gasteiger partial charge on any atom is -0.246 e. The first-order valence-corrected chi connectivity index (χ1v) is 37.2. The van der Waals surface area contributed by atoms with Crippen molar-refractivity contribution in [2.24, 2.45) is 0 Å². The lowest BCUT2D eigenvalue weighted by atomic mass is 9.89. The van der Waals surface area contributed by atoms with E-state index in [4.69, 9.17) is 0 Å². The fraction of sp³-hybridized carbons (Fsp3) is 0.620. The first kappa shape index (κ1) is 63.6. The summed E-state index contributed by atoms with van der Waals surface area (Å²) in [6.07, 6.45) is 0. The Morgan fingerprint density at radius 1 is 0.342 bits per heavy atom. The van der Waals surface area contributed by atoms with Crippen LogP contribution in [0.2, 0.25) is 0 Å². The molecule has 0 aliphatic carbocycles. The first-order chi connectivity index (χ1) is 35.2. The van der Waals surface area contributed by atoms with Crippen LogP contribution in [0.25, 0.3) is 0 Å². The first-order valence-electron chi connectivity index (χ1n) is 30.7. The number of rotatable bonds is 20. The van der Waals surface area contributed by atoms with Gasteiger partial charge in [-0.2, -0.15) is 0 Å². The van der Waals surface area contributed by atoms with Crippen molar-refractivity contribution in [3.63, 3.8) is 0 Å². The van der Waals surface area contributed by atoms with Crippen molar-refractivity contribution in [1.82, 2.24) is 4.57 Å². The predicted octanol–water partition coefficient (Wildman–Crippen LogP) is 17.5. The van der Waals surface area contributed by atoms with Crippen LogP contribution in [-0.4, -0.2) is 28.2 Å². The third-order valence-electron chi connectivity index (χ3n) is 17.0. The average Bonchev–Trinajstić information content (AvgIpc) is 3.58. The molecule has 0 N–H and O–H groups in total. The van der Waals surface area contributed by atoms with Crippen LogP contribution in [0.5, 0.6) is 0 Å². The molecule has 76 heavy (non-hydrogen) atoms. The van der Waals surface area contributed by atoms with Gasteiger partial charge in [-0.3, -0.25) is 0 Å². The quantitative estimate of drug-likeness (QED) is 0.0543. The highest BCUT2D eigenvalue weighted by atomic mass is 29.4. The minimum absolute atomic E-state index is 0.288. The summed E-state index contributed by atoms with van der Waals surface area (Å²) in [7, 11) is -5.38. The zero-order valence-electron chi connectivity index (χ0n) is 54.6. The van der Waals surface area contributed by atoms with Gasteiger partial charge in [-0.25, -0.2) is 9.13 Å². The number of nitrogens with zero attached hydrogens (tertiary/aromatic N) is 2. The minimum atomic E-state index is -1.81. The van der Waals surface area contributed by atoms with Crippen molar-refractivity contribution in [3.05, 3.63) is 127 Å². The van der Waals surface area contributed by atoms with Gasteiger partial charge in [-0.15, -0.1) is 23.0 Å². The Morgan fingerprint density at radius 2 is 0.592 bits per heavy atom. The zero-order valence-corrected chi connectivity index (χ0v) is 57.6. The molecule has 0 bridgehead atoms. The molecule has 0 saturated heterocycles. The zero-order chi connectivity index (χ0) is 57.6. The van der Waals surface area contributed by atoms with Crippen molar-refractivity contribution in [2.45, 2.75) is 291 Å². The van der Waals surface area contributed by atoms with Crippen LogP contribution in [0.15, 0.2) is 48.5 Å². The van der Waals surface area contributed by atoms with E-state index in [2.05, 4.69) is 265 Å². The lowest BCUT2D eigenvalue weighted by Crippen LogP contribution is -2.73. The topological polar surface area (TPSA) is 8.81 Å². The molecule has 0 spiro atoms. The summed E-state index contributed by atoms with van der Waals surface area (Å²) in [5.41, 5.74) is 23.5. The van der Waals surface area contributed by atoms with Crippen LogP contribution in [0, 0.1) is 13.8 Å². The lowest BCUT2D eigenvalue weighted by Gasteiger charge is -2.43. The van der Waals surface area contributed by atoms with Crippen molar-refractivity contribution in [1.29, 1.82) is 0 Å². The van der Waals surface area contributed by atoms with Crippen LogP contribution in [0.1, 0.15) is 355 Å². The number of aromatic nitrogens is 2. The van der Waals surface area contributed by atoms with E-state index in [1.165, 1.54) is 33.6 Å². The molecule has 5 aromatic rings. The summed E-state index contributed by atoms with van der Waals surface area (Å²) in [5.74, 6) is 4.55. The molecule has 1 heterocycles. The van der Waals surface area contributed by atoms with E-state index in [0.717, 1.165) is 0 Å². The van der Waals surface area contributed by atoms with Gasteiger partial charge in [0.1, 0.15) is 11.4 Å². The van der Waals surface area contributed by atoms with Crippen LogP contribution < -0.4 is 30.8 Å². The van der Waals surface area contributed by atoms with E-state index in [1.807, 2.05) is 0 Å². The van der Waals surface area contributed by atoms with Crippen molar-refractivity contribution in [2.75, 3.05) is 0 Å². The summed E-state index contributed by atoms with van der Waals surface area (Å²) >= 11 is 0. The fourth-order valence-corrected chi connectivity index (χ4v) is 37.9. The predicted molar refractivity (Wildman–Crippen MR) is 345 cm³/mol. The van der Waals surface area contributed by atoms with Crippen molar-refractivity contribution >= 4 is 49.8 Å². The van der Waals surface area contributed by atoms with Gasteiger partial charge in [0.15, 0.2) is 5.45 Å². The third-order valence-corrected chi connectivity index (χ3v) is 35.1. The van der Waals surface area contributed by atoms with E-state index in [9.17, 15) is 0 Å². The molecule has 418 valence electrons. The maximum Gasteiger partial charge on any atom is 0.166 e. The van der Waals surface area contributed by atoms with Crippen LogP contribution in [-0.2, 0) is 0 Å². The van der Waals surface area contributed by atoms with Gasteiger partial charge in [-0.05, 0) is 132 Å². The molecule has 4 aromatic carbocycles. The molecule has 0 fully saturated rings. The molecule has 0 aliphatic rings. The molecule has 0 unspecified atom stereocenters. The Morgan fingerprint density at radius 3 is 0.816 bits per heavy atom. The smallest absolute Gasteiger partial charge is 0.166 e. The second kappa shape index (κ2) is 25.5. The summed E-state index contributed by atoms with van der Waals surface area (Å²) in [5, 5.41) is 7.06. The molecule has 5 heteroatoms. The molecule has 5 rings (SSSR count). The monoisotopic (exact) mass is 1080 g/mol. The highest BCUT2D eigenvalue weighted by molar-refractivity contribution is 7.48. The summed E-state index contributed by atoms with van der Waals surface area (Å²) < 4.78 is 5.85. The van der Waals surface area contributed by atoms with Gasteiger partial charge in [0.2, 0.25) is 0 Å². The van der Waals surface area contributed by atoms with Crippen LogP contribution >= 0.6 is 0 Å².